The van der Waals surface area contributed by atoms with Gasteiger partial charge in [0.1, 0.15) is 0 Å². The van der Waals surface area contributed by atoms with Gasteiger partial charge in [-0.15, -0.1) is 0 Å². The number of allylic oxidation sites excluding steroid dienone is 1. The summed E-state index contributed by atoms with van der Waals surface area (Å²) < 4.78 is 0. The van der Waals surface area contributed by atoms with E-state index in [1.807, 2.05) is 0 Å². The molecule has 166 valence electrons. The summed E-state index contributed by atoms with van der Waals surface area (Å²) in [5.74, 6) is 5.54. The molecule has 0 bridgehead atoms. The third-order valence-electron chi connectivity index (χ3n) is 11.0. The second-order valence-electron chi connectivity index (χ2n) is 12.1. The number of hydrogen-bond acceptors (Lipinski definition) is 1. The molecular weight excluding hydrogens is 352 g/mol. The van der Waals surface area contributed by atoms with Crippen LogP contribution in [0.25, 0.3) is 0 Å². The molecule has 1 nitrogen and oxygen atoms in total. The monoisotopic (exact) mass is 400 g/mol. The fourth-order valence-corrected chi connectivity index (χ4v) is 9.01. The smallest absolute Gasteiger partial charge is 0.0577 e. The minimum Gasteiger partial charge on any atom is -0.393 e. The molecule has 29 heavy (non-hydrogen) atoms. The molecule has 0 spiro atoms. The van der Waals surface area contributed by atoms with Crippen molar-refractivity contribution in [3.63, 3.8) is 0 Å². The summed E-state index contributed by atoms with van der Waals surface area (Å²) in [5, 5.41) is 10.2. The largest absolute Gasteiger partial charge is 0.393 e. The first kappa shape index (κ1) is 21.9. The summed E-state index contributed by atoms with van der Waals surface area (Å²) in [7, 11) is 0. The van der Waals surface area contributed by atoms with Crippen LogP contribution in [0.3, 0.4) is 0 Å². The maximum atomic E-state index is 10.2. The van der Waals surface area contributed by atoms with Crippen molar-refractivity contribution in [1.29, 1.82) is 0 Å². The van der Waals surface area contributed by atoms with Crippen molar-refractivity contribution in [3.05, 3.63) is 11.6 Å². The Bertz CT molecular complexity index is 603. The lowest BCUT2D eigenvalue weighted by Crippen LogP contribution is -2.50. The van der Waals surface area contributed by atoms with Gasteiger partial charge >= 0.3 is 0 Å². The van der Waals surface area contributed by atoms with Crippen molar-refractivity contribution in [2.24, 2.45) is 46.3 Å². The second-order valence-corrected chi connectivity index (χ2v) is 12.1. The lowest BCUT2D eigenvalue weighted by atomic mass is 9.47. The van der Waals surface area contributed by atoms with Crippen LogP contribution in [0.1, 0.15) is 112 Å². The van der Waals surface area contributed by atoms with Gasteiger partial charge in [0, 0.05) is 0 Å². The first-order valence-corrected chi connectivity index (χ1v) is 13.2. The molecule has 0 heterocycles. The molecular formula is C28H48O. The Kier molecular flexibility index (Phi) is 6.29. The fraction of sp³-hybridized carbons (Fsp3) is 0.929. The Morgan fingerprint density at radius 1 is 1.00 bits per heavy atom. The molecule has 0 aromatic rings. The molecule has 4 rings (SSSR count). The van der Waals surface area contributed by atoms with Gasteiger partial charge < -0.3 is 5.11 Å². The van der Waals surface area contributed by atoms with E-state index in [4.69, 9.17) is 0 Å². The molecule has 1 heteroatoms. The van der Waals surface area contributed by atoms with Crippen LogP contribution in [0, 0.1) is 46.3 Å². The van der Waals surface area contributed by atoms with Crippen molar-refractivity contribution in [1.82, 2.24) is 0 Å². The van der Waals surface area contributed by atoms with Crippen LogP contribution in [0.15, 0.2) is 11.6 Å². The molecule has 3 fully saturated rings. The predicted molar refractivity (Wildman–Crippen MR) is 124 cm³/mol. The molecule has 3 unspecified atom stereocenters. The second kappa shape index (κ2) is 8.33. The van der Waals surface area contributed by atoms with E-state index in [1.54, 1.807) is 5.57 Å². The summed E-state index contributed by atoms with van der Waals surface area (Å²) in [6.45, 7) is 12.6. The average molecular weight is 401 g/mol. The number of hydrogen-bond donors (Lipinski definition) is 1. The Labute approximate surface area is 181 Å². The van der Waals surface area contributed by atoms with Gasteiger partial charge in [-0.1, -0.05) is 72.0 Å². The van der Waals surface area contributed by atoms with Crippen molar-refractivity contribution >= 4 is 0 Å². The summed E-state index contributed by atoms with van der Waals surface area (Å²) in [4.78, 5) is 0. The Morgan fingerprint density at radius 3 is 2.48 bits per heavy atom. The maximum Gasteiger partial charge on any atom is 0.0577 e. The van der Waals surface area contributed by atoms with Crippen LogP contribution >= 0.6 is 0 Å². The van der Waals surface area contributed by atoms with Gasteiger partial charge in [-0.05, 0) is 97.7 Å². The van der Waals surface area contributed by atoms with Crippen LogP contribution in [0.2, 0.25) is 0 Å². The number of rotatable bonds is 6. The fourth-order valence-electron chi connectivity index (χ4n) is 9.01. The molecule has 4 aliphatic rings. The molecule has 0 aliphatic heterocycles. The van der Waals surface area contributed by atoms with Gasteiger partial charge in [-0.3, -0.25) is 0 Å². The predicted octanol–water partition coefficient (Wildman–Crippen LogP) is 7.78. The van der Waals surface area contributed by atoms with Crippen molar-refractivity contribution < 1.29 is 5.11 Å². The van der Waals surface area contributed by atoms with E-state index in [0.717, 1.165) is 48.3 Å². The highest BCUT2D eigenvalue weighted by molar-refractivity contribution is 5.25. The number of aliphatic hydroxyl groups excluding tert-OH is 1. The molecule has 1 N–H and O–H groups in total. The van der Waals surface area contributed by atoms with E-state index >= 15 is 0 Å². The lowest BCUT2D eigenvalue weighted by Gasteiger charge is -2.58. The van der Waals surface area contributed by atoms with Crippen LogP contribution < -0.4 is 0 Å². The SMILES string of the molecule is CCC(CC)CC[C@@H](C)[C@H]1CCC2C3CC=C4C[C@@H](O)CC[C@]4(C)C3CC[C@@]21C. The van der Waals surface area contributed by atoms with Crippen molar-refractivity contribution in [2.45, 2.75) is 118 Å². The highest BCUT2D eigenvalue weighted by atomic mass is 16.3. The van der Waals surface area contributed by atoms with Gasteiger partial charge in [-0.25, -0.2) is 0 Å². The van der Waals surface area contributed by atoms with Crippen molar-refractivity contribution in [2.75, 3.05) is 0 Å². The summed E-state index contributed by atoms with van der Waals surface area (Å²) in [5.41, 5.74) is 2.60. The molecule has 0 aromatic heterocycles. The minimum absolute atomic E-state index is 0.0773. The molecule has 0 radical (unpaired) electrons. The Morgan fingerprint density at radius 2 is 1.76 bits per heavy atom. The van der Waals surface area contributed by atoms with E-state index in [1.165, 1.54) is 64.2 Å². The molecule has 4 aliphatic carbocycles. The molecule has 0 aromatic carbocycles. The Hall–Kier alpha value is -0.300. The van der Waals surface area contributed by atoms with Gasteiger partial charge in [-0.2, -0.15) is 0 Å². The average Bonchev–Trinajstić information content (AvgIpc) is 3.06. The van der Waals surface area contributed by atoms with Crippen LogP contribution in [0.4, 0.5) is 0 Å². The van der Waals surface area contributed by atoms with Gasteiger partial charge in [0.2, 0.25) is 0 Å². The number of aliphatic hydroxyl groups is 1. The minimum atomic E-state index is -0.0773. The normalized spacial score (nSPS) is 45.3. The van der Waals surface area contributed by atoms with E-state index in [-0.39, 0.29) is 6.10 Å². The first-order valence-electron chi connectivity index (χ1n) is 13.2. The lowest BCUT2D eigenvalue weighted by molar-refractivity contribution is -0.0574. The summed E-state index contributed by atoms with van der Waals surface area (Å²) >= 11 is 0. The highest BCUT2D eigenvalue weighted by Crippen LogP contribution is 2.67. The van der Waals surface area contributed by atoms with Crippen LogP contribution in [-0.4, -0.2) is 11.2 Å². The summed E-state index contributed by atoms with van der Waals surface area (Å²) in [6, 6.07) is 0. The van der Waals surface area contributed by atoms with Gasteiger partial charge in [0.15, 0.2) is 0 Å². The topological polar surface area (TPSA) is 20.2 Å². The zero-order chi connectivity index (χ0) is 20.8. The van der Waals surface area contributed by atoms with E-state index in [9.17, 15) is 5.11 Å². The van der Waals surface area contributed by atoms with E-state index in [2.05, 4.69) is 40.7 Å². The first-order chi connectivity index (χ1) is 13.8. The van der Waals surface area contributed by atoms with Crippen molar-refractivity contribution in [3.8, 4) is 0 Å². The molecule has 8 atom stereocenters. The third-order valence-corrected chi connectivity index (χ3v) is 11.0. The molecule has 0 saturated heterocycles. The third kappa shape index (κ3) is 3.66. The van der Waals surface area contributed by atoms with Crippen LogP contribution in [-0.2, 0) is 0 Å². The molecule has 3 saturated carbocycles. The summed E-state index contributed by atoms with van der Waals surface area (Å²) in [6.07, 6.45) is 18.5. The highest BCUT2D eigenvalue weighted by Gasteiger charge is 2.59. The number of fused-ring (bicyclic) bond motifs is 5. The van der Waals surface area contributed by atoms with Gasteiger partial charge in [0.05, 0.1) is 6.10 Å². The zero-order valence-corrected chi connectivity index (χ0v) is 20.1. The zero-order valence-electron chi connectivity index (χ0n) is 20.1. The van der Waals surface area contributed by atoms with E-state index in [0.29, 0.717) is 10.8 Å². The quantitative estimate of drug-likeness (QED) is 0.451. The van der Waals surface area contributed by atoms with E-state index < -0.39 is 0 Å². The molecule has 0 amide bonds. The maximum absolute atomic E-state index is 10.2. The van der Waals surface area contributed by atoms with Crippen LogP contribution in [0.5, 0.6) is 0 Å². The standard InChI is InChI=1S/C28H48O/c1-6-20(7-2)9-8-19(3)24-12-13-25-23-11-10-21-18-22(29)14-16-27(21,4)26(23)15-17-28(24,25)5/h10,19-20,22-26,29H,6-9,11-18H2,1-5H3/t19-,22+,23?,24-,25?,26?,27+,28-/m1/s1. The Balaban J connectivity index is 1.48. The van der Waals surface area contributed by atoms with Gasteiger partial charge in [0.25, 0.3) is 0 Å².